The highest BCUT2D eigenvalue weighted by Gasteiger charge is 2.21. The molecule has 2 saturated heterocycles. The summed E-state index contributed by atoms with van der Waals surface area (Å²) in [6.45, 7) is 5.90. The Morgan fingerprint density at radius 1 is 1.05 bits per heavy atom. The molecule has 206 valence electrons. The molecule has 0 bridgehead atoms. The van der Waals surface area contributed by atoms with Crippen molar-refractivity contribution in [2.75, 3.05) is 51.8 Å². The summed E-state index contributed by atoms with van der Waals surface area (Å²) in [5, 5.41) is 3.87. The lowest BCUT2D eigenvalue weighted by atomic mass is 10.1. The Hall–Kier alpha value is -3.05. The Morgan fingerprint density at radius 2 is 1.87 bits per heavy atom. The van der Waals surface area contributed by atoms with E-state index in [4.69, 9.17) is 14.5 Å². The standard InChI is InChI=1S/C29H34N4O5S/c34-26(21-6-2-1-3-7-21)20-39-29-31-25-18-22(27(35)30-11-5-12-32-13-16-37-17-14-32)9-10-24(25)28(36)33(29)19-23-8-4-15-38-23/h1-3,6-7,9-10,18,23H,4-5,8,11-17,19-20H2,(H,30,35)/t23-/m0/s1. The number of ketones is 1. The van der Waals surface area contributed by atoms with Crippen molar-refractivity contribution in [1.82, 2.24) is 19.8 Å². The number of amides is 1. The topological polar surface area (TPSA) is 103 Å². The molecule has 0 unspecified atom stereocenters. The molecule has 0 radical (unpaired) electrons. The van der Waals surface area contributed by atoms with E-state index in [1.165, 1.54) is 11.8 Å². The Kier molecular flexibility index (Phi) is 9.41. The lowest BCUT2D eigenvalue weighted by Gasteiger charge is -2.26. The maximum Gasteiger partial charge on any atom is 0.262 e. The molecule has 3 heterocycles. The Labute approximate surface area is 231 Å². The number of nitrogens with zero attached hydrogens (tertiary/aromatic N) is 3. The van der Waals surface area contributed by atoms with Crippen molar-refractivity contribution >= 4 is 34.4 Å². The van der Waals surface area contributed by atoms with E-state index in [0.717, 1.165) is 52.1 Å². The Balaban J connectivity index is 1.32. The molecule has 9 nitrogen and oxygen atoms in total. The fraction of sp³-hybridized carbons (Fsp3) is 0.448. The van der Waals surface area contributed by atoms with Gasteiger partial charge in [0, 0.05) is 37.4 Å². The summed E-state index contributed by atoms with van der Waals surface area (Å²) in [5.74, 6) is -0.0851. The van der Waals surface area contributed by atoms with Crippen molar-refractivity contribution in [1.29, 1.82) is 0 Å². The zero-order chi connectivity index (χ0) is 27.0. The summed E-state index contributed by atoms with van der Waals surface area (Å²) < 4.78 is 12.8. The van der Waals surface area contributed by atoms with E-state index in [9.17, 15) is 14.4 Å². The number of thioether (sulfide) groups is 1. The minimum atomic E-state index is -0.197. The molecule has 10 heteroatoms. The minimum absolute atomic E-state index is 0.0381. The normalized spacial score (nSPS) is 17.9. The first-order chi connectivity index (χ1) is 19.1. The number of hydrogen-bond acceptors (Lipinski definition) is 8. The van der Waals surface area contributed by atoms with Crippen LogP contribution in [0.5, 0.6) is 0 Å². The third-order valence-corrected chi connectivity index (χ3v) is 8.04. The molecule has 2 fully saturated rings. The highest BCUT2D eigenvalue weighted by atomic mass is 32.2. The van der Waals surface area contributed by atoms with Crippen LogP contribution in [0.1, 0.15) is 40.0 Å². The van der Waals surface area contributed by atoms with Gasteiger partial charge in [-0.2, -0.15) is 0 Å². The molecule has 3 aromatic rings. The summed E-state index contributed by atoms with van der Waals surface area (Å²) in [6.07, 6.45) is 2.62. The molecule has 0 spiro atoms. The molecule has 2 aliphatic heterocycles. The number of ether oxygens (including phenoxy) is 2. The number of morpholine rings is 1. The van der Waals surface area contributed by atoms with Crippen molar-refractivity contribution in [2.24, 2.45) is 0 Å². The van der Waals surface area contributed by atoms with E-state index in [1.807, 2.05) is 18.2 Å². The van der Waals surface area contributed by atoms with Gasteiger partial charge >= 0.3 is 0 Å². The largest absolute Gasteiger partial charge is 0.379 e. The highest BCUT2D eigenvalue weighted by Crippen LogP contribution is 2.22. The number of rotatable bonds is 11. The maximum atomic E-state index is 13.5. The van der Waals surface area contributed by atoms with Gasteiger partial charge < -0.3 is 14.8 Å². The number of fused-ring (bicyclic) bond motifs is 1. The van der Waals surface area contributed by atoms with Gasteiger partial charge in [0.25, 0.3) is 11.5 Å². The summed E-state index contributed by atoms with van der Waals surface area (Å²) in [7, 11) is 0. The van der Waals surface area contributed by atoms with E-state index < -0.39 is 0 Å². The molecule has 2 aromatic carbocycles. The predicted molar refractivity (Wildman–Crippen MR) is 151 cm³/mol. The molecular formula is C29H34N4O5S. The number of carbonyl (C=O) groups is 2. The molecule has 39 heavy (non-hydrogen) atoms. The van der Waals surface area contributed by atoms with Gasteiger partial charge in [0.2, 0.25) is 0 Å². The van der Waals surface area contributed by atoms with Gasteiger partial charge in [-0.05, 0) is 44.0 Å². The van der Waals surface area contributed by atoms with Crippen LogP contribution in [0.2, 0.25) is 0 Å². The van der Waals surface area contributed by atoms with Gasteiger partial charge in [0.15, 0.2) is 10.9 Å². The van der Waals surface area contributed by atoms with E-state index >= 15 is 0 Å². The van der Waals surface area contributed by atoms with E-state index in [0.29, 0.717) is 46.9 Å². The second-order valence-electron chi connectivity index (χ2n) is 9.82. The monoisotopic (exact) mass is 550 g/mol. The molecule has 0 saturated carbocycles. The van der Waals surface area contributed by atoms with Gasteiger partial charge in [-0.3, -0.25) is 23.9 Å². The first-order valence-corrected chi connectivity index (χ1v) is 14.5. The van der Waals surface area contributed by atoms with Crippen LogP contribution in [-0.2, 0) is 16.0 Å². The van der Waals surface area contributed by atoms with Crippen LogP contribution in [0.25, 0.3) is 10.9 Å². The van der Waals surface area contributed by atoms with Crippen molar-refractivity contribution < 1.29 is 19.1 Å². The fourth-order valence-electron chi connectivity index (χ4n) is 4.87. The fourth-order valence-corrected chi connectivity index (χ4v) is 5.78. The third-order valence-electron chi connectivity index (χ3n) is 7.06. The number of nitrogens with one attached hydrogen (secondary N) is 1. The van der Waals surface area contributed by atoms with Crippen LogP contribution in [0.3, 0.4) is 0 Å². The molecule has 2 aliphatic rings. The zero-order valence-corrected chi connectivity index (χ0v) is 22.8. The van der Waals surface area contributed by atoms with Crippen LogP contribution in [0.15, 0.2) is 58.5 Å². The van der Waals surface area contributed by atoms with Crippen molar-refractivity contribution in [2.45, 2.75) is 37.1 Å². The van der Waals surface area contributed by atoms with Crippen LogP contribution in [0, 0.1) is 0 Å². The van der Waals surface area contributed by atoms with E-state index in [-0.39, 0.29) is 29.1 Å². The summed E-state index contributed by atoms with van der Waals surface area (Å²) in [4.78, 5) is 46.3. The molecule has 1 atom stereocenters. The number of aromatic nitrogens is 2. The van der Waals surface area contributed by atoms with Gasteiger partial charge in [-0.15, -0.1) is 0 Å². The van der Waals surface area contributed by atoms with Crippen LogP contribution < -0.4 is 10.9 Å². The quantitative estimate of drug-likeness (QED) is 0.168. The van der Waals surface area contributed by atoms with Crippen molar-refractivity contribution in [3.63, 3.8) is 0 Å². The van der Waals surface area contributed by atoms with E-state index in [2.05, 4.69) is 10.2 Å². The predicted octanol–water partition coefficient (Wildman–Crippen LogP) is 3.00. The molecule has 1 N–H and O–H groups in total. The second-order valence-corrected chi connectivity index (χ2v) is 10.8. The molecule has 5 rings (SSSR count). The molecule has 1 aromatic heterocycles. The Morgan fingerprint density at radius 3 is 2.64 bits per heavy atom. The van der Waals surface area contributed by atoms with Crippen LogP contribution in [-0.4, -0.2) is 84.0 Å². The minimum Gasteiger partial charge on any atom is -0.379 e. The maximum absolute atomic E-state index is 13.5. The third kappa shape index (κ3) is 7.13. The van der Waals surface area contributed by atoms with Gasteiger partial charge in [0.1, 0.15) is 0 Å². The molecule has 1 amide bonds. The van der Waals surface area contributed by atoms with Crippen LogP contribution >= 0.6 is 11.8 Å². The average Bonchev–Trinajstić information content (AvgIpc) is 3.49. The number of Topliss-reactive ketones (excluding diaryl/α,β-unsaturated/α-hetero) is 1. The number of carbonyl (C=O) groups excluding carboxylic acids is 2. The molecular weight excluding hydrogens is 516 g/mol. The second kappa shape index (κ2) is 13.3. The first-order valence-electron chi connectivity index (χ1n) is 13.5. The number of benzene rings is 2. The summed E-state index contributed by atoms with van der Waals surface area (Å²) in [6, 6.07) is 14.1. The van der Waals surface area contributed by atoms with Crippen molar-refractivity contribution in [3.05, 3.63) is 70.0 Å². The Bertz CT molecular complexity index is 1350. The SMILES string of the molecule is O=C(CSc1nc2cc(C(=O)NCCCN3CCOCC3)ccc2c(=O)n1C[C@@H]1CCCO1)c1ccccc1. The van der Waals surface area contributed by atoms with Crippen LogP contribution in [0.4, 0.5) is 0 Å². The first kappa shape index (κ1) is 27.5. The molecule has 0 aliphatic carbocycles. The van der Waals surface area contributed by atoms with E-state index in [1.54, 1.807) is 34.9 Å². The van der Waals surface area contributed by atoms with Gasteiger partial charge in [-0.25, -0.2) is 4.98 Å². The summed E-state index contributed by atoms with van der Waals surface area (Å²) >= 11 is 1.24. The lowest BCUT2D eigenvalue weighted by molar-refractivity contribution is 0.0374. The van der Waals surface area contributed by atoms with Gasteiger partial charge in [-0.1, -0.05) is 42.1 Å². The van der Waals surface area contributed by atoms with Crippen molar-refractivity contribution in [3.8, 4) is 0 Å². The highest BCUT2D eigenvalue weighted by molar-refractivity contribution is 7.99. The zero-order valence-electron chi connectivity index (χ0n) is 22.0. The summed E-state index contributed by atoms with van der Waals surface area (Å²) in [5.41, 5.74) is 1.32. The lowest BCUT2D eigenvalue weighted by Crippen LogP contribution is -2.38. The number of hydrogen-bond donors (Lipinski definition) is 1. The average molecular weight is 551 g/mol. The van der Waals surface area contributed by atoms with Gasteiger partial charge in [0.05, 0.1) is 42.5 Å². The smallest absolute Gasteiger partial charge is 0.262 e.